The van der Waals surface area contributed by atoms with E-state index in [0.717, 1.165) is 0 Å². The highest BCUT2D eigenvalue weighted by Crippen LogP contribution is 2.50. The first-order valence-corrected chi connectivity index (χ1v) is 39.5. The van der Waals surface area contributed by atoms with Crippen LogP contribution in [0.15, 0.2) is 179 Å². The van der Waals surface area contributed by atoms with Crippen molar-refractivity contribution in [2.24, 2.45) is 21.1 Å². The minimum atomic E-state index is -4.96. The van der Waals surface area contributed by atoms with Crippen LogP contribution >= 0.6 is 7.82 Å². The Kier molecular flexibility index (Phi) is 23.6. The predicted molar refractivity (Wildman–Crippen MR) is 427 cm³/mol. The van der Waals surface area contributed by atoms with E-state index in [1.165, 1.54) is 46.9 Å². The summed E-state index contributed by atoms with van der Waals surface area (Å²) in [7, 11) is -0.203. The number of benzene rings is 6. The van der Waals surface area contributed by atoms with E-state index in [-0.39, 0.29) is 112 Å². The van der Waals surface area contributed by atoms with Crippen LogP contribution in [0.3, 0.4) is 0 Å². The lowest BCUT2D eigenvalue weighted by Gasteiger charge is -2.40. The maximum absolute atomic E-state index is 15.0. The van der Waals surface area contributed by atoms with Gasteiger partial charge in [0, 0.05) is 169 Å². The molecule has 9 heterocycles. The average molecular weight is 1660 g/mol. The predicted octanol–water partition coefficient (Wildman–Crippen LogP) is 9.64. The van der Waals surface area contributed by atoms with Crippen molar-refractivity contribution in [3.63, 3.8) is 0 Å². The van der Waals surface area contributed by atoms with Crippen molar-refractivity contribution in [1.29, 1.82) is 0 Å². The fourth-order valence-electron chi connectivity index (χ4n) is 15.4. The van der Waals surface area contributed by atoms with E-state index in [1.807, 2.05) is 14.7 Å². The number of piperazine rings is 3. The molecule has 3 atom stereocenters. The molecule has 3 aliphatic rings. The molecule has 6 aromatic heterocycles. The number of phosphoric ester groups is 1. The summed E-state index contributed by atoms with van der Waals surface area (Å²) >= 11 is 0. The molecular weight excluding hydrogens is 1580 g/mol. The molecular formula is C81H81F6N18O13P. The van der Waals surface area contributed by atoms with Crippen LogP contribution in [0.2, 0.25) is 0 Å². The molecule has 0 radical (unpaired) electrons. The number of aromatic nitrogens is 12. The lowest BCUT2D eigenvalue weighted by molar-refractivity contribution is -0.138. The summed E-state index contributed by atoms with van der Waals surface area (Å²) in [6.45, 7) is -4.16. The van der Waals surface area contributed by atoms with Crippen molar-refractivity contribution in [3.05, 3.63) is 212 Å². The third-order valence-electron chi connectivity index (χ3n) is 21.7. The van der Waals surface area contributed by atoms with Gasteiger partial charge in [0.25, 0.3) is 16.7 Å². The molecule has 12 aromatic rings. The first-order valence-electron chi connectivity index (χ1n) is 38.0. The van der Waals surface area contributed by atoms with Crippen molar-refractivity contribution >= 4 is 76.1 Å². The number of fused-ring (bicyclic) bond motifs is 3. The van der Waals surface area contributed by atoms with E-state index in [0.29, 0.717) is 101 Å². The highest BCUT2D eigenvalue weighted by Gasteiger charge is 2.39. The fourth-order valence-corrected chi connectivity index (χ4v) is 16.5. The van der Waals surface area contributed by atoms with Gasteiger partial charge in [-0.1, -0.05) is 72.8 Å². The number of amides is 3. The number of carbonyl (C=O) groups is 3. The number of nitrogens with zero attached hydrogens (tertiary/aromatic N) is 18. The summed E-state index contributed by atoms with van der Waals surface area (Å²) in [5.74, 6) is -0.807. The molecule has 15 rings (SSSR count). The Morgan fingerprint density at radius 1 is 0.387 bits per heavy atom. The molecule has 620 valence electrons. The lowest BCUT2D eigenvalue weighted by atomic mass is 10.1. The molecule has 0 saturated carbocycles. The van der Waals surface area contributed by atoms with Crippen LogP contribution in [0.1, 0.15) is 37.5 Å². The van der Waals surface area contributed by atoms with Gasteiger partial charge in [0.2, 0.25) is 35.6 Å². The number of phosphoric acid groups is 1. The van der Waals surface area contributed by atoms with Crippen molar-refractivity contribution in [2.75, 3.05) is 93.4 Å². The molecule has 119 heavy (non-hydrogen) atoms. The van der Waals surface area contributed by atoms with Crippen molar-refractivity contribution < 1.29 is 73.1 Å². The van der Waals surface area contributed by atoms with Gasteiger partial charge in [-0.25, -0.2) is 34.5 Å². The lowest BCUT2D eigenvalue weighted by Crippen LogP contribution is -2.55. The summed E-state index contributed by atoms with van der Waals surface area (Å²) in [6.07, 6.45) is 9.76. The number of anilines is 3. The van der Waals surface area contributed by atoms with Crippen molar-refractivity contribution in [1.82, 2.24) is 72.7 Å². The number of ether oxygens (including phenoxy) is 3. The molecule has 0 aliphatic carbocycles. The van der Waals surface area contributed by atoms with Gasteiger partial charge in [-0.3, -0.25) is 70.4 Å². The molecule has 38 heteroatoms. The third-order valence-corrected chi connectivity index (χ3v) is 23.0. The Labute approximate surface area is 674 Å². The van der Waals surface area contributed by atoms with Crippen molar-refractivity contribution in [3.8, 4) is 50.6 Å². The first kappa shape index (κ1) is 81.4. The molecule has 0 N–H and O–H groups in total. The Morgan fingerprint density at radius 2 is 0.647 bits per heavy atom. The largest absolute Gasteiger partial charge is 0.476 e. The maximum Gasteiger partial charge on any atom is 0.476 e. The van der Waals surface area contributed by atoms with Gasteiger partial charge in [-0.2, -0.15) is 26.3 Å². The van der Waals surface area contributed by atoms with E-state index in [1.54, 1.807) is 202 Å². The molecule has 3 fully saturated rings. The fraction of sp³-hybridized carbons (Fsp3) is 0.333. The number of carbonyl (C=O) groups excluding carboxylic acids is 3. The maximum atomic E-state index is 15.0. The molecule has 3 saturated heterocycles. The normalized spacial score (nSPS) is 16.2. The molecule has 0 bridgehead atoms. The second kappa shape index (κ2) is 34.5. The zero-order valence-electron chi connectivity index (χ0n) is 65.2. The van der Waals surface area contributed by atoms with Crippen LogP contribution in [0.5, 0.6) is 17.2 Å². The van der Waals surface area contributed by atoms with Crippen LogP contribution < -0.4 is 45.6 Å². The second-order valence-corrected chi connectivity index (χ2v) is 30.7. The molecule has 3 amide bonds. The Hall–Kier alpha value is -12.7. The number of hydrogen-bond acceptors (Lipinski definition) is 22. The number of rotatable bonds is 27. The monoisotopic (exact) mass is 1660 g/mol. The highest BCUT2D eigenvalue weighted by molar-refractivity contribution is 7.48. The summed E-state index contributed by atoms with van der Waals surface area (Å²) in [5.41, 5.74) is 5.90. The number of halogens is 6. The van der Waals surface area contributed by atoms with Gasteiger partial charge in [0.05, 0.1) is 52.3 Å². The minimum Gasteiger partial charge on any atom is -0.434 e. The number of para-hydroxylation sites is 3. The van der Waals surface area contributed by atoms with E-state index in [2.05, 4.69) is 29.9 Å². The van der Waals surface area contributed by atoms with E-state index in [4.69, 9.17) is 27.8 Å². The minimum absolute atomic E-state index is 0.0185. The summed E-state index contributed by atoms with van der Waals surface area (Å²) in [4.78, 5) is 121. The molecule has 0 unspecified atom stereocenters. The summed E-state index contributed by atoms with van der Waals surface area (Å²) in [5, 5.41) is 1.22. The second-order valence-electron chi connectivity index (χ2n) is 29.0. The molecule has 0 spiro atoms. The molecule has 3 aliphatic heterocycles. The SMILES string of the molecule is C[C@@H]1CN(c2ncc(-c3ccc4c(=O)n(C)n(Cc5ccccc5OC(F)F)c4c3)cn2)CCN1C(=O)COP(=O)(OCC(=O)N1CCN(c2ncc(-c3ccc4c(=O)n(C)n(Cc5ccccc5OC(F)F)c4c3)cn2)C[C@H]1C)OCC(=O)N1CCN(c2ncc(-c3ccc4c(=O)n(C)n(Cc5ccccc5OC(F)F)c4c3)cn2)C[C@H]1C. The van der Waals surface area contributed by atoms with Gasteiger partial charge < -0.3 is 43.6 Å². The summed E-state index contributed by atoms with van der Waals surface area (Å²) in [6, 6.07) is 33.3. The third kappa shape index (κ3) is 17.4. The van der Waals surface area contributed by atoms with Crippen LogP contribution in [0.4, 0.5) is 44.2 Å². The van der Waals surface area contributed by atoms with Gasteiger partial charge in [-0.05, 0) is 92.1 Å². The smallest absolute Gasteiger partial charge is 0.434 e. The van der Waals surface area contributed by atoms with Crippen LogP contribution in [0.25, 0.3) is 66.1 Å². The number of alkyl halides is 6. The Balaban J connectivity index is 0.595. The first-order chi connectivity index (χ1) is 57.2. The van der Waals surface area contributed by atoms with Gasteiger partial charge in [0.1, 0.15) is 37.1 Å². The van der Waals surface area contributed by atoms with E-state index in [9.17, 15) is 59.7 Å². The number of hydrogen-bond donors (Lipinski definition) is 0. The Morgan fingerprint density at radius 3 is 0.899 bits per heavy atom. The van der Waals surface area contributed by atoms with E-state index >= 15 is 0 Å². The van der Waals surface area contributed by atoms with Gasteiger partial charge in [-0.15, -0.1) is 0 Å². The topological polar surface area (TPSA) is 301 Å². The van der Waals surface area contributed by atoms with E-state index < -0.39 is 83.3 Å². The molecule has 6 aromatic carbocycles. The standard InChI is InChI=1S/C81H81F6N18O13P/c1-49-40-97(79-88-34-58(35-89-79)52-19-22-61-64(31-52)103(94(4)73(61)109)43-55-13-7-10-16-67(55)116-76(82)83)25-28-100(49)70(106)46-113-119(112,114-47-71(107)101-29-26-98(41-50(101)2)80-90-36-59(37-91-80)53-20-23-62-65(32-53)104(95(5)74(62)110)44-56-14-8-11-17-68(56)117-77(84)85)115-48-72(108)102-30-27-99(42-51(102)3)81-92-38-60(39-93-81)54-21-24-63-66(33-54)105(96(6)75(63)111)45-57-15-9-12-18-69(57)118-78(86)87/h7-24,31-39,49-51,76-78H,25-30,40-48H2,1-6H3/t49-,50-,51-/m1/s1. The van der Waals surface area contributed by atoms with Crippen LogP contribution in [0, 0.1) is 0 Å². The summed E-state index contributed by atoms with van der Waals surface area (Å²) < 4.78 is 136. The molecule has 31 nitrogen and oxygen atoms in total. The Bertz CT molecular complexity index is 5460. The highest BCUT2D eigenvalue weighted by atomic mass is 31.2. The van der Waals surface area contributed by atoms with Gasteiger partial charge in [0.15, 0.2) is 0 Å². The van der Waals surface area contributed by atoms with Gasteiger partial charge >= 0.3 is 27.7 Å². The van der Waals surface area contributed by atoms with Crippen LogP contribution in [-0.2, 0) is 73.3 Å². The average Bonchev–Trinajstić information content (AvgIpc) is 1.66. The van der Waals surface area contributed by atoms with Crippen molar-refractivity contribution in [2.45, 2.75) is 78.4 Å². The van der Waals surface area contributed by atoms with Crippen LogP contribution in [-0.4, -0.2) is 207 Å². The zero-order chi connectivity index (χ0) is 83.7. The zero-order valence-corrected chi connectivity index (χ0v) is 66.1. The quantitative estimate of drug-likeness (QED) is 0.0341.